The van der Waals surface area contributed by atoms with E-state index in [1.807, 2.05) is 24.3 Å². The first-order valence-corrected chi connectivity index (χ1v) is 9.87. The number of carbonyl (C=O) groups is 3. The van der Waals surface area contributed by atoms with E-state index in [0.717, 1.165) is 22.0 Å². The number of fused-ring (bicyclic) bond motifs is 2. The first kappa shape index (κ1) is 20.0. The number of benzene rings is 2. The van der Waals surface area contributed by atoms with Crippen molar-refractivity contribution < 1.29 is 19.5 Å². The van der Waals surface area contributed by atoms with Crippen LogP contribution in [0.5, 0.6) is 0 Å². The normalized spacial score (nSPS) is 17.5. The predicted molar refractivity (Wildman–Crippen MR) is 112 cm³/mol. The third-order valence-corrected chi connectivity index (χ3v) is 5.62. The summed E-state index contributed by atoms with van der Waals surface area (Å²) in [6, 6.07) is 13.5. The number of hydrogen-bond acceptors (Lipinski definition) is 3. The molecule has 7 nitrogen and oxygen atoms in total. The Morgan fingerprint density at radius 3 is 2.70 bits per heavy atom. The molecule has 0 bridgehead atoms. The number of amides is 2. The zero-order chi connectivity index (χ0) is 21.4. The summed E-state index contributed by atoms with van der Waals surface area (Å²) in [6.45, 7) is 0.899. The van der Waals surface area contributed by atoms with Crippen LogP contribution in [0.25, 0.3) is 10.9 Å². The Balaban J connectivity index is 1.64. The van der Waals surface area contributed by atoms with Crippen LogP contribution in [-0.2, 0) is 16.0 Å². The number of aliphatic carboxylic acids is 1. The number of halogens is 1. The fourth-order valence-corrected chi connectivity index (χ4v) is 4.29. The van der Waals surface area contributed by atoms with E-state index >= 15 is 0 Å². The maximum Gasteiger partial charge on any atom is 0.323 e. The molecule has 154 valence electrons. The molecule has 1 aromatic heterocycles. The van der Waals surface area contributed by atoms with Gasteiger partial charge in [-0.1, -0.05) is 35.9 Å². The third kappa shape index (κ3) is 3.76. The lowest BCUT2D eigenvalue weighted by molar-refractivity contribution is -0.145. The second-order valence-corrected chi connectivity index (χ2v) is 7.82. The Bertz CT molecular complexity index is 1160. The van der Waals surface area contributed by atoms with Crippen LogP contribution in [0.2, 0.25) is 5.02 Å². The number of carboxylic acids is 1. The Kier molecular flexibility index (Phi) is 5.22. The van der Waals surface area contributed by atoms with Gasteiger partial charge in [0.1, 0.15) is 12.2 Å². The van der Waals surface area contributed by atoms with Crippen molar-refractivity contribution in [1.82, 2.24) is 15.2 Å². The largest absolute Gasteiger partial charge is 0.480 e. The molecule has 0 unspecified atom stereocenters. The van der Waals surface area contributed by atoms with E-state index in [-0.39, 0.29) is 11.8 Å². The lowest BCUT2D eigenvalue weighted by Gasteiger charge is -2.32. The molecule has 0 fully saturated rings. The summed E-state index contributed by atoms with van der Waals surface area (Å²) in [5.74, 6) is -1.80. The van der Waals surface area contributed by atoms with Crippen LogP contribution in [-0.4, -0.2) is 45.4 Å². The smallest absolute Gasteiger partial charge is 0.323 e. The van der Waals surface area contributed by atoms with Crippen molar-refractivity contribution in [2.75, 3.05) is 6.54 Å². The maximum absolute atomic E-state index is 13.0. The highest BCUT2D eigenvalue weighted by molar-refractivity contribution is 6.31. The van der Waals surface area contributed by atoms with Crippen molar-refractivity contribution in [1.29, 1.82) is 0 Å². The van der Waals surface area contributed by atoms with E-state index in [4.69, 9.17) is 11.6 Å². The molecule has 3 aromatic rings. The van der Waals surface area contributed by atoms with E-state index in [1.54, 1.807) is 24.3 Å². The number of aromatic nitrogens is 1. The third-order valence-electron chi connectivity index (χ3n) is 5.38. The Labute approximate surface area is 177 Å². The molecular weight excluding hydrogens is 406 g/mol. The molecule has 1 aliphatic rings. The molecular formula is C22H20ClN3O4. The zero-order valence-corrected chi connectivity index (χ0v) is 16.9. The first-order valence-electron chi connectivity index (χ1n) is 9.49. The van der Waals surface area contributed by atoms with Gasteiger partial charge in [0, 0.05) is 22.8 Å². The number of nitrogens with one attached hydrogen (secondary N) is 2. The van der Waals surface area contributed by atoms with Crippen LogP contribution in [0.1, 0.15) is 34.6 Å². The summed E-state index contributed by atoms with van der Waals surface area (Å²) in [7, 11) is 0. The molecule has 1 aliphatic carbocycles. The maximum atomic E-state index is 13.0. The topological polar surface area (TPSA) is 102 Å². The first-order chi connectivity index (χ1) is 14.3. The Morgan fingerprint density at radius 1 is 1.20 bits per heavy atom. The Morgan fingerprint density at radius 2 is 1.97 bits per heavy atom. The summed E-state index contributed by atoms with van der Waals surface area (Å²) < 4.78 is 0. The van der Waals surface area contributed by atoms with Crippen LogP contribution in [0.4, 0.5) is 0 Å². The molecule has 1 heterocycles. The van der Waals surface area contributed by atoms with Crippen LogP contribution in [0.3, 0.4) is 0 Å². The zero-order valence-electron chi connectivity index (χ0n) is 16.2. The minimum absolute atomic E-state index is 0.330. The minimum atomic E-state index is -1.10. The molecule has 2 atom stereocenters. The number of H-pyrrole nitrogens is 1. The SMILES string of the molecule is CC(=O)N(CC(=O)O)[C@H]1c2ccccc2C[C@@H]1NC(=O)c1cc2cc(Cl)ccc2[nH]1. The number of aromatic amines is 1. The van der Waals surface area contributed by atoms with Crippen LogP contribution >= 0.6 is 11.6 Å². The second-order valence-electron chi connectivity index (χ2n) is 7.38. The van der Waals surface area contributed by atoms with E-state index < -0.39 is 24.6 Å². The molecule has 30 heavy (non-hydrogen) atoms. The summed E-state index contributed by atoms with van der Waals surface area (Å²) >= 11 is 6.02. The van der Waals surface area contributed by atoms with Gasteiger partial charge in [-0.05, 0) is 41.8 Å². The van der Waals surface area contributed by atoms with Gasteiger partial charge in [-0.2, -0.15) is 0 Å². The van der Waals surface area contributed by atoms with Crippen molar-refractivity contribution in [3.63, 3.8) is 0 Å². The summed E-state index contributed by atoms with van der Waals surface area (Å²) in [4.78, 5) is 41.0. The number of nitrogens with zero attached hydrogens (tertiary/aromatic N) is 1. The van der Waals surface area contributed by atoms with E-state index in [2.05, 4.69) is 10.3 Å². The highest BCUT2D eigenvalue weighted by Crippen LogP contribution is 2.36. The van der Waals surface area contributed by atoms with Gasteiger partial charge in [0.2, 0.25) is 5.91 Å². The fraction of sp³-hybridized carbons (Fsp3) is 0.227. The standard InChI is InChI=1S/C22H20ClN3O4/c1-12(27)26(11-20(28)29)21-16-5-3-2-4-13(16)9-18(21)25-22(30)19-10-14-8-15(23)6-7-17(14)24-19/h2-8,10,18,21,24H,9,11H2,1H3,(H,25,30)(H,28,29)/t18-,21-/m0/s1. The number of rotatable bonds is 5. The Hall–Kier alpha value is -3.32. The summed E-state index contributed by atoms with van der Waals surface area (Å²) in [6.07, 6.45) is 0.502. The monoisotopic (exact) mass is 425 g/mol. The van der Waals surface area contributed by atoms with Gasteiger partial charge in [0.25, 0.3) is 5.91 Å². The van der Waals surface area contributed by atoms with Crippen LogP contribution in [0.15, 0.2) is 48.5 Å². The fourth-order valence-electron chi connectivity index (χ4n) is 4.11. The highest BCUT2D eigenvalue weighted by Gasteiger charge is 2.39. The van der Waals surface area contributed by atoms with Gasteiger partial charge in [-0.25, -0.2) is 0 Å². The molecule has 2 aromatic carbocycles. The van der Waals surface area contributed by atoms with Crippen molar-refractivity contribution in [2.45, 2.75) is 25.4 Å². The number of carboxylic acid groups (broad SMARTS) is 1. The number of hydrogen-bond donors (Lipinski definition) is 3. The average Bonchev–Trinajstić information content (AvgIpc) is 3.26. The van der Waals surface area contributed by atoms with Crippen LogP contribution in [0, 0.1) is 0 Å². The minimum Gasteiger partial charge on any atom is -0.480 e. The van der Waals surface area contributed by atoms with E-state index in [0.29, 0.717) is 17.1 Å². The van der Waals surface area contributed by atoms with Crippen molar-refractivity contribution in [3.8, 4) is 0 Å². The lowest BCUT2D eigenvalue weighted by atomic mass is 10.0. The molecule has 0 saturated carbocycles. The number of carbonyl (C=O) groups excluding carboxylic acids is 2. The molecule has 0 spiro atoms. The average molecular weight is 426 g/mol. The predicted octanol–water partition coefficient (Wildman–Crippen LogP) is 3.15. The molecule has 4 rings (SSSR count). The summed E-state index contributed by atoms with van der Waals surface area (Å²) in [5.41, 5.74) is 2.98. The van der Waals surface area contributed by atoms with Gasteiger partial charge in [0.15, 0.2) is 0 Å². The van der Waals surface area contributed by atoms with E-state index in [1.165, 1.54) is 11.8 Å². The quantitative estimate of drug-likeness (QED) is 0.584. The van der Waals surface area contributed by atoms with Gasteiger partial charge in [-0.15, -0.1) is 0 Å². The second kappa shape index (κ2) is 7.84. The lowest BCUT2D eigenvalue weighted by Crippen LogP contribution is -2.47. The van der Waals surface area contributed by atoms with Crippen LogP contribution < -0.4 is 5.32 Å². The summed E-state index contributed by atoms with van der Waals surface area (Å²) in [5, 5.41) is 13.7. The molecule has 2 amide bonds. The molecule has 8 heteroatoms. The molecule has 0 saturated heterocycles. The molecule has 3 N–H and O–H groups in total. The van der Waals surface area contributed by atoms with Gasteiger partial charge in [0.05, 0.1) is 12.1 Å². The highest BCUT2D eigenvalue weighted by atomic mass is 35.5. The van der Waals surface area contributed by atoms with Gasteiger partial charge < -0.3 is 20.3 Å². The van der Waals surface area contributed by atoms with Crippen molar-refractivity contribution in [3.05, 3.63) is 70.4 Å². The van der Waals surface area contributed by atoms with Crippen molar-refractivity contribution >= 4 is 40.3 Å². The van der Waals surface area contributed by atoms with E-state index in [9.17, 15) is 19.5 Å². The molecule has 0 radical (unpaired) electrons. The van der Waals surface area contributed by atoms with Gasteiger partial charge in [-0.3, -0.25) is 14.4 Å². The van der Waals surface area contributed by atoms with Gasteiger partial charge >= 0.3 is 5.97 Å². The molecule has 0 aliphatic heterocycles. The van der Waals surface area contributed by atoms with Crippen molar-refractivity contribution in [2.24, 2.45) is 0 Å².